The molecule has 2 aliphatic rings. The van der Waals surface area contributed by atoms with Crippen molar-refractivity contribution < 1.29 is 0 Å². The molecule has 0 radical (unpaired) electrons. The highest BCUT2D eigenvalue weighted by atomic mass is 15.2. The van der Waals surface area contributed by atoms with Crippen LogP contribution in [0.5, 0.6) is 0 Å². The largest absolute Gasteiger partial charge is 0.366 e. The van der Waals surface area contributed by atoms with Gasteiger partial charge in [0.1, 0.15) is 0 Å². The van der Waals surface area contributed by atoms with Gasteiger partial charge in [-0.1, -0.05) is 18.2 Å². The molecule has 1 aromatic rings. The van der Waals surface area contributed by atoms with Gasteiger partial charge in [0.2, 0.25) is 0 Å². The fraction of sp³-hybridized carbons (Fsp3) is 0.571. The van der Waals surface area contributed by atoms with Crippen molar-refractivity contribution in [3.05, 3.63) is 30.3 Å². The molecule has 1 aromatic carbocycles. The summed E-state index contributed by atoms with van der Waals surface area (Å²) in [4.78, 5) is 2.70. The number of rotatable bonds is 3. The number of hydrogen-bond donors (Lipinski definition) is 0. The number of para-hydroxylation sites is 1. The molecule has 0 amide bonds. The highest BCUT2D eigenvalue weighted by Crippen LogP contribution is 2.37. The van der Waals surface area contributed by atoms with E-state index in [1.165, 1.54) is 44.2 Å². The maximum absolute atomic E-state index is 2.70. The minimum Gasteiger partial charge on any atom is -0.366 e. The minimum atomic E-state index is 0.845. The average molecular weight is 201 g/mol. The van der Waals surface area contributed by atoms with Gasteiger partial charge in [-0.15, -0.1) is 0 Å². The van der Waals surface area contributed by atoms with Crippen LogP contribution in [0.3, 0.4) is 0 Å². The standard InChI is InChI=1S/C14H19N/c1-2-6-12(7-3-1)15(13-8-4-9-13)14-10-5-11-14/h1-3,6-7,13-14H,4-5,8-11H2. The Bertz CT molecular complexity index is 297. The first-order chi connectivity index (χ1) is 7.45. The van der Waals surface area contributed by atoms with E-state index in [4.69, 9.17) is 0 Å². The Hall–Kier alpha value is -0.980. The van der Waals surface area contributed by atoms with Gasteiger partial charge < -0.3 is 4.90 Å². The van der Waals surface area contributed by atoms with Crippen LogP contribution in [0, 0.1) is 0 Å². The van der Waals surface area contributed by atoms with Crippen molar-refractivity contribution >= 4 is 5.69 Å². The highest BCUT2D eigenvalue weighted by Gasteiger charge is 2.33. The molecule has 3 rings (SSSR count). The number of anilines is 1. The van der Waals surface area contributed by atoms with E-state index in [2.05, 4.69) is 35.2 Å². The van der Waals surface area contributed by atoms with E-state index in [-0.39, 0.29) is 0 Å². The summed E-state index contributed by atoms with van der Waals surface area (Å²) in [6.07, 6.45) is 8.50. The van der Waals surface area contributed by atoms with Gasteiger partial charge in [-0.05, 0) is 50.7 Å². The summed E-state index contributed by atoms with van der Waals surface area (Å²) < 4.78 is 0. The summed E-state index contributed by atoms with van der Waals surface area (Å²) in [6, 6.07) is 12.7. The molecular weight excluding hydrogens is 182 g/mol. The molecule has 80 valence electrons. The molecule has 0 aromatic heterocycles. The van der Waals surface area contributed by atoms with E-state index >= 15 is 0 Å². The zero-order valence-corrected chi connectivity index (χ0v) is 9.23. The minimum absolute atomic E-state index is 0.845. The van der Waals surface area contributed by atoms with Crippen molar-refractivity contribution in [2.75, 3.05) is 4.90 Å². The Morgan fingerprint density at radius 2 is 1.33 bits per heavy atom. The van der Waals surface area contributed by atoms with E-state index < -0.39 is 0 Å². The maximum atomic E-state index is 2.70. The Morgan fingerprint density at radius 3 is 1.73 bits per heavy atom. The van der Waals surface area contributed by atoms with Crippen LogP contribution in [0.1, 0.15) is 38.5 Å². The van der Waals surface area contributed by atoms with E-state index in [0.717, 1.165) is 12.1 Å². The van der Waals surface area contributed by atoms with Crippen LogP contribution in [0.15, 0.2) is 30.3 Å². The second-order valence-electron chi connectivity index (χ2n) is 4.91. The van der Waals surface area contributed by atoms with Gasteiger partial charge in [0.25, 0.3) is 0 Å². The molecule has 0 saturated heterocycles. The van der Waals surface area contributed by atoms with Crippen molar-refractivity contribution in [2.24, 2.45) is 0 Å². The normalized spacial score (nSPS) is 21.9. The summed E-state index contributed by atoms with van der Waals surface area (Å²) in [5, 5.41) is 0. The zero-order chi connectivity index (χ0) is 10.1. The lowest BCUT2D eigenvalue weighted by atomic mass is 9.84. The van der Waals surface area contributed by atoms with Gasteiger partial charge in [-0.3, -0.25) is 0 Å². The molecule has 0 heterocycles. The fourth-order valence-corrected chi connectivity index (χ4v) is 2.65. The Balaban J connectivity index is 1.82. The van der Waals surface area contributed by atoms with Crippen LogP contribution in [-0.2, 0) is 0 Å². The molecule has 15 heavy (non-hydrogen) atoms. The molecule has 0 atom stereocenters. The molecule has 2 saturated carbocycles. The van der Waals surface area contributed by atoms with E-state index in [0.29, 0.717) is 0 Å². The smallest absolute Gasteiger partial charge is 0.0371 e. The van der Waals surface area contributed by atoms with Crippen LogP contribution >= 0.6 is 0 Å². The van der Waals surface area contributed by atoms with E-state index in [9.17, 15) is 0 Å². The van der Waals surface area contributed by atoms with Crippen LogP contribution in [0.25, 0.3) is 0 Å². The Morgan fingerprint density at radius 1 is 0.800 bits per heavy atom. The number of hydrogen-bond acceptors (Lipinski definition) is 1. The molecule has 1 heteroatoms. The van der Waals surface area contributed by atoms with Gasteiger partial charge >= 0.3 is 0 Å². The molecule has 0 unspecified atom stereocenters. The topological polar surface area (TPSA) is 3.24 Å². The van der Waals surface area contributed by atoms with Gasteiger partial charge in [0.15, 0.2) is 0 Å². The first-order valence-electron chi connectivity index (χ1n) is 6.28. The number of nitrogens with zero attached hydrogens (tertiary/aromatic N) is 1. The predicted octanol–water partition coefficient (Wildman–Crippen LogP) is 3.60. The molecule has 0 bridgehead atoms. The average Bonchev–Trinajstić information content (AvgIpc) is 2.13. The Kier molecular flexibility index (Phi) is 2.40. The molecule has 2 aliphatic carbocycles. The van der Waals surface area contributed by atoms with Gasteiger partial charge in [-0.25, -0.2) is 0 Å². The second-order valence-corrected chi connectivity index (χ2v) is 4.91. The summed E-state index contributed by atoms with van der Waals surface area (Å²) in [5.41, 5.74) is 1.45. The van der Waals surface area contributed by atoms with Crippen molar-refractivity contribution in [1.29, 1.82) is 0 Å². The third kappa shape index (κ3) is 1.64. The molecule has 0 N–H and O–H groups in total. The lowest BCUT2D eigenvalue weighted by Crippen LogP contribution is -2.49. The number of benzene rings is 1. The van der Waals surface area contributed by atoms with Gasteiger partial charge in [-0.2, -0.15) is 0 Å². The molecular formula is C14H19N. The monoisotopic (exact) mass is 201 g/mol. The van der Waals surface area contributed by atoms with Crippen molar-refractivity contribution in [1.82, 2.24) is 0 Å². The van der Waals surface area contributed by atoms with Crippen LogP contribution in [0.4, 0.5) is 5.69 Å². The van der Waals surface area contributed by atoms with Gasteiger partial charge in [0.05, 0.1) is 0 Å². The lowest BCUT2D eigenvalue weighted by molar-refractivity contribution is 0.296. The Labute approximate surface area is 92.1 Å². The summed E-state index contributed by atoms with van der Waals surface area (Å²) in [7, 11) is 0. The van der Waals surface area contributed by atoms with Crippen molar-refractivity contribution in [3.8, 4) is 0 Å². The predicted molar refractivity (Wildman–Crippen MR) is 64.2 cm³/mol. The third-order valence-corrected chi connectivity index (χ3v) is 3.99. The SMILES string of the molecule is c1ccc(N(C2CCC2)C2CCC2)cc1. The quantitative estimate of drug-likeness (QED) is 0.722. The van der Waals surface area contributed by atoms with Crippen LogP contribution in [0.2, 0.25) is 0 Å². The molecule has 0 spiro atoms. The first-order valence-corrected chi connectivity index (χ1v) is 6.28. The lowest BCUT2D eigenvalue weighted by Gasteiger charge is -2.47. The van der Waals surface area contributed by atoms with Crippen molar-refractivity contribution in [2.45, 2.75) is 50.6 Å². The van der Waals surface area contributed by atoms with Crippen LogP contribution in [-0.4, -0.2) is 12.1 Å². The van der Waals surface area contributed by atoms with Gasteiger partial charge in [0, 0.05) is 17.8 Å². The third-order valence-electron chi connectivity index (χ3n) is 3.99. The molecule has 2 fully saturated rings. The molecule has 0 aliphatic heterocycles. The second kappa shape index (κ2) is 3.88. The van der Waals surface area contributed by atoms with Crippen molar-refractivity contribution in [3.63, 3.8) is 0 Å². The van der Waals surface area contributed by atoms with E-state index in [1.54, 1.807) is 0 Å². The maximum Gasteiger partial charge on any atom is 0.0371 e. The van der Waals surface area contributed by atoms with Crippen LogP contribution < -0.4 is 4.90 Å². The van der Waals surface area contributed by atoms with E-state index in [1.807, 2.05) is 0 Å². The summed E-state index contributed by atoms with van der Waals surface area (Å²) in [5.74, 6) is 0. The first kappa shape index (κ1) is 9.26. The zero-order valence-electron chi connectivity index (χ0n) is 9.23. The summed E-state index contributed by atoms with van der Waals surface area (Å²) >= 11 is 0. The highest BCUT2D eigenvalue weighted by molar-refractivity contribution is 5.49. The molecule has 1 nitrogen and oxygen atoms in total. The fourth-order valence-electron chi connectivity index (χ4n) is 2.65. The summed E-state index contributed by atoms with van der Waals surface area (Å²) in [6.45, 7) is 0.